The molecular weight excluding hydrogens is 444 g/mol. The number of aromatic hydroxyl groups is 1. The fourth-order valence-electron chi connectivity index (χ4n) is 3.77. The van der Waals surface area contributed by atoms with Gasteiger partial charge in [0, 0.05) is 16.6 Å². The number of furan rings is 1. The highest BCUT2D eigenvalue weighted by Crippen LogP contribution is 2.33. The van der Waals surface area contributed by atoms with Crippen molar-refractivity contribution in [1.82, 2.24) is 10.2 Å². The minimum Gasteiger partial charge on any atom is -0.507 e. The van der Waals surface area contributed by atoms with Crippen LogP contribution in [0.3, 0.4) is 0 Å². The number of fused-ring (bicyclic) bond motifs is 1. The lowest BCUT2D eigenvalue weighted by atomic mass is 10.1. The Kier molecular flexibility index (Phi) is 5.54. The molecule has 5 rings (SSSR count). The molecule has 35 heavy (non-hydrogen) atoms. The maximum absolute atomic E-state index is 13.1. The highest BCUT2D eigenvalue weighted by molar-refractivity contribution is 6.16. The van der Waals surface area contributed by atoms with Crippen molar-refractivity contribution >= 4 is 34.2 Å². The van der Waals surface area contributed by atoms with E-state index in [1.165, 1.54) is 6.07 Å². The molecule has 0 bridgehead atoms. The third-order valence-corrected chi connectivity index (χ3v) is 5.60. The number of nitrogens with zero attached hydrogens (tertiary/aromatic N) is 1. The molecule has 0 saturated carbocycles. The Morgan fingerprint density at radius 3 is 2.43 bits per heavy atom. The SMILES string of the molecule is Cc1ccc(NC(=O)c2oc3ccccc3c2NC(=O)c2cc(-c3cc(C)ccc3O)n[nH]2)cc1. The van der Waals surface area contributed by atoms with Gasteiger partial charge in [0.1, 0.15) is 22.7 Å². The first kappa shape index (κ1) is 22.0. The molecule has 4 N–H and O–H groups in total. The van der Waals surface area contributed by atoms with E-state index in [-0.39, 0.29) is 22.9 Å². The van der Waals surface area contributed by atoms with E-state index in [4.69, 9.17) is 4.42 Å². The highest BCUT2D eigenvalue weighted by atomic mass is 16.3. The molecule has 0 aliphatic rings. The van der Waals surface area contributed by atoms with Gasteiger partial charge in [0.15, 0.2) is 0 Å². The second-order valence-electron chi connectivity index (χ2n) is 8.26. The number of carbonyl (C=O) groups excluding carboxylic acids is 2. The summed E-state index contributed by atoms with van der Waals surface area (Å²) in [7, 11) is 0. The number of anilines is 2. The van der Waals surface area contributed by atoms with E-state index in [2.05, 4.69) is 20.8 Å². The number of hydrogen-bond acceptors (Lipinski definition) is 5. The van der Waals surface area contributed by atoms with Gasteiger partial charge in [-0.15, -0.1) is 0 Å². The Hall–Kier alpha value is -4.85. The number of aromatic amines is 1. The van der Waals surface area contributed by atoms with E-state index in [9.17, 15) is 14.7 Å². The van der Waals surface area contributed by atoms with Crippen molar-refractivity contribution in [3.05, 3.63) is 95.4 Å². The third-order valence-electron chi connectivity index (χ3n) is 5.60. The second kappa shape index (κ2) is 8.83. The lowest BCUT2D eigenvalue weighted by Gasteiger charge is -2.07. The summed E-state index contributed by atoms with van der Waals surface area (Å²) in [5.41, 5.74) is 4.43. The van der Waals surface area contributed by atoms with Gasteiger partial charge < -0.3 is 20.2 Å². The first-order chi connectivity index (χ1) is 16.9. The van der Waals surface area contributed by atoms with Gasteiger partial charge in [0.2, 0.25) is 5.76 Å². The number of aryl methyl sites for hydroxylation is 2. The van der Waals surface area contributed by atoms with Crippen LogP contribution < -0.4 is 10.6 Å². The zero-order valence-electron chi connectivity index (χ0n) is 19.0. The lowest BCUT2D eigenvalue weighted by Crippen LogP contribution is -2.17. The molecule has 8 heteroatoms. The van der Waals surface area contributed by atoms with Crippen molar-refractivity contribution in [1.29, 1.82) is 0 Å². The van der Waals surface area contributed by atoms with Gasteiger partial charge in [-0.2, -0.15) is 5.10 Å². The second-order valence-corrected chi connectivity index (χ2v) is 8.26. The van der Waals surface area contributed by atoms with Gasteiger partial charge in [-0.25, -0.2) is 0 Å². The Balaban J connectivity index is 1.45. The van der Waals surface area contributed by atoms with E-state index in [1.807, 2.05) is 26.0 Å². The molecule has 2 heterocycles. The molecule has 0 spiro atoms. The summed E-state index contributed by atoms with van der Waals surface area (Å²) in [6, 6.07) is 21.1. The van der Waals surface area contributed by atoms with E-state index in [1.54, 1.807) is 54.6 Å². The predicted octanol–water partition coefficient (Wildman–Crippen LogP) is 5.65. The molecule has 0 radical (unpaired) electrons. The highest BCUT2D eigenvalue weighted by Gasteiger charge is 2.24. The van der Waals surface area contributed by atoms with Crippen LogP contribution in [-0.4, -0.2) is 27.1 Å². The van der Waals surface area contributed by atoms with Crippen LogP contribution in [0.2, 0.25) is 0 Å². The summed E-state index contributed by atoms with van der Waals surface area (Å²) in [5.74, 6) is -0.955. The van der Waals surface area contributed by atoms with E-state index in [0.29, 0.717) is 27.9 Å². The van der Waals surface area contributed by atoms with Crippen LogP contribution in [0, 0.1) is 13.8 Å². The molecule has 8 nitrogen and oxygen atoms in total. The first-order valence-corrected chi connectivity index (χ1v) is 11.0. The topological polar surface area (TPSA) is 120 Å². The number of nitrogens with one attached hydrogen (secondary N) is 3. The van der Waals surface area contributed by atoms with E-state index >= 15 is 0 Å². The Labute approximate surface area is 200 Å². The van der Waals surface area contributed by atoms with Crippen LogP contribution in [-0.2, 0) is 0 Å². The largest absolute Gasteiger partial charge is 0.507 e. The number of aromatic nitrogens is 2. The van der Waals surface area contributed by atoms with E-state index in [0.717, 1.165) is 11.1 Å². The Morgan fingerprint density at radius 2 is 1.63 bits per heavy atom. The monoisotopic (exact) mass is 466 g/mol. The molecule has 2 aromatic heterocycles. The number of amides is 2. The number of H-pyrrole nitrogens is 1. The number of para-hydroxylation sites is 1. The van der Waals surface area contributed by atoms with Crippen molar-refractivity contribution in [2.24, 2.45) is 0 Å². The van der Waals surface area contributed by atoms with Gasteiger partial charge in [-0.05, 0) is 56.3 Å². The molecular formula is C27H22N4O4. The standard InChI is InChI=1S/C27H22N4O4/c1-15-7-10-17(11-8-15)28-27(34)25-24(18-5-3-4-6-23(18)35-25)29-26(33)21-14-20(30-31-21)19-13-16(2)9-12-22(19)32/h3-14,32H,1-2H3,(H,28,34)(H,29,33)(H,30,31). The van der Waals surface area contributed by atoms with Crippen molar-refractivity contribution in [3.63, 3.8) is 0 Å². The summed E-state index contributed by atoms with van der Waals surface area (Å²) in [4.78, 5) is 26.2. The van der Waals surface area contributed by atoms with Gasteiger partial charge in [0.25, 0.3) is 11.8 Å². The summed E-state index contributed by atoms with van der Waals surface area (Å²) in [6.45, 7) is 3.86. The normalized spacial score (nSPS) is 10.9. The minimum atomic E-state index is -0.508. The van der Waals surface area contributed by atoms with Crippen LogP contribution in [0.4, 0.5) is 11.4 Å². The molecule has 3 aromatic carbocycles. The van der Waals surface area contributed by atoms with Crippen LogP contribution in [0.15, 0.2) is 77.2 Å². The zero-order valence-corrected chi connectivity index (χ0v) is 19.0. The number of benzene rings is 3. The van der Waals surface area contributed by atoms with Gasteiger partial charge in [-0.3, -0.25) is 14.7 Å². The zero-order chi connectivity index (χ0) is 24.5. The average molecular weight is 466 g/mol. The maximum Gasteiger partial charge on any atom is 0.293 e. The fraction of sp³-hybridized carbons (Fsp3) is 0.0741. The molecule has 2 amide bonds. The first-order valence-electron chi connectivity index (χ1n) is 11.0. The molecule has 0 aliphatic carbocycles. The number of phenolic OH excluding ortho intramolecular Hbond substituents is 1. The van der Waals surface area contributed by atoms with Gasteiger partial charge in [-0.1, -0.05) is 41.5 Å². The van der Waals surface area contributed by atoms with E-state index < -0.39 is 11.8 Å². The summed E-state index contributed by atoms with van der Waals surface area (Å²) < 4.78 is 5.81. The number of phenols is 1. The van der Waals surface area contributed by atoms with Crippen molar-refractivity contribution in [2.45, 2.75) is 13.8 Å². The van der Waals surface area contributed by atoms with Crippen molar-refractivity contribution in [2.75, 3.05) is 10.6 Å². The van der Waals surface area contributed by atoms with Gasteiger partial charge >= 0.3 is 0 Å². The minimum absolute atomic E-state index is 0.0174. The Bertz CT molecular complexity index is 1560. The fourth-order valence-corrected chi connectivity index (χ4v) is 3.77. The molecule has 0 aliphatic heterocycles. The summed E-state index contributed by atoms with van der Waals surface area (Å²) in [6.07, 6.45) is 0. The number of hydrogen-bond donors (Lipinski definition) is 4. The third kappa shape index (κ3) is 4.37. The summed E-state index contributed by atoms with van der Waals surface area (Å²) in [5, 5.41) is 23.2. The quantitative estimate of drug-likeness (QED) is 0.267. The van der Waals surface area contributed by atoms with Gasteiger partial charge in [0.05, 0.1) is 5.69 Å². The smallest absolute Gasteiger partial charge is 0.293 e. The molecule has 0 saturated heterocycles. The average Bonchev–Trinajstić information content (AvgIpc) is 3.48. The number of carbonyl (C=O) groups is 2. The van der Waals surface area contributed by atoms with Crippen molar-refractivity contribution < 1.29 is 19.1 Å². The van der Waals surface area contributed by atoms with Crippen LogP contribution >= 0.6 is 0 Å². The van der Waals surface area contributed by atoms with Crippen molar-refractivity contribution in [3.8, 4) is 17.0 Å². The molecule has 0 atom stereocenters. The predicted molar refractivity (Wildman–Crippen MR) is 134 cm³/mol. The maximum atomic E-state index is 13.1. The lowest BCUT2D eigenvalue weighted by molar-refractivity contribution is 0.0999. The molecule has 0 fully saturated rings. The van der Waals surface area contributed by atoms with Crippen LogP contribution in [0.25, 0.3) is 22.2 Å². The molecule has 5 aromatic rings. The molecule has 174 valence electrons. The molecule has 0 unspecified atom stereocenters. The van der Waals surface area contributed by atoms with Crippen LogP contribution in [0.1, 0.15) is 32.2 Å². The van der Waals surface area contributed by atoms with Crippen LogP contribution in [0.5, 0.6) is 5.75 Å². The Morgan fingerprint density at radius 1 is 0.886 bits per heavy atom. The summed E-state index contributed by atoms with van der Waals surface area (Å²) >= 11 is 0. The number of rotatable bonds is 5.